The molecular formula is C27H28N2O. The van der Waals surface area contributed by atoms with Crippen molar-refractivity contribution in [3.05, 3.63) is 72.8 Å². The third kappa shape index (κ3) is 3.52. The van der Waals surface area contributed by atoms with Crippen LogP contribution in [-0.2, 0) is 4.79 Å². The minimum atomic E-state index is 0.0545. The Kier molecular flexibility index (Phi) is 5.45. The SMILES string of the molecule is CC(C)Nc1ccc2ccccc2c1-c1c(N(C=O)C(C)C)ccc2ccccc12. The summed E-state index contributed by atoms with van der Waals surface area (Å²) in [4.78, 5) is 13.9. The number of carbonyl (C=O) groups excluding carboxylic acids is 1. The molecule has 1 N–H and O–H groups in total. The molecule has 0 atom stereocenters. The zero-order chi connectivity index (χ0) is 21.3. The first-order valence-electron chi connectivity index (χ1n) is 10.5. The Bertz CT molecular complexity index is 1210. The normalized spacial score (nSPS) is 11.4. The Hall–Kier alpha value is -3.33. The molecule has 3 nitrogen and oxygen atoms in total. The molecule has 0 aliphatic rings. The van der Waals surface area contributed by atoms with Crippen LogP contribution in [0.1, 0.15) is 27.7 Å². The summed E-state index contributed by atoms with van der Waals surface area (Å²) in [5.74, 6) is 0. The first-order valence-corrected chi connectivity index (χ1v) is 10.5. The first-order chi connectivity index (χ1) is 14.5. The molecule has 0 fully saturated rings. The quantitative estimate of drug-likeness (QED) is 0.361. The molecule has 0 aliphatic heterocycles. The second-order valence-corrected chi connectivity index (χ2v) is 8.30. The van der Waals surface area contributed by atoms with Crippen molar-refractivity contribution in [2.24, 2.45) is 0 Å². The van der Waals surface area contributed by atoms with Gasteiger partial charge in [0.2, 0.25) is 6.41 Å². The molecule has 1 amide bonds. The van der Waals surface area contributed by atoms with E-state index in [-0.39, 0.29) is 12.1 Å². The number of anilines is 2. The lowest BCUT2D eigenvalue weighted by molar-refractivity contribution is -0.107. The highest BCUT2D eigenvalue weighted by atomic mass is 16.1. The highest BCUT2D eigenvalue weighted by Gasteiger charge is 2.21. The highest BCUT2D eigenvalue weighted by molar-refractivity contribution is 6.14. The standard InChI is InChI=1S/C27H28N2O/c1-18(2)28-24-15-13-20-9-5-7-11-22(20)26(24)27-23-12-8-6-10-21(23)14-16-25(27)29(17-30)19(3)4/h5-19,28H,1-4H3. The lowest BCUT2D eigenvalue weighted by atomic mass is 9.90. The molecule has 0 radical (unpaired) electrons. The third-order valence-corrected chi connectivity index (χ3v) is 5.48. The zero-order valence-corrected chi connectivity index (χ0v) is 18.0. The van der Waals surface area contributed by atoms with E-state index in [1.807, 2.05) is 18.7 Å². The highest BCUT2D eigenvalue weighted by Crippen LogP contribution is 2.45. The molecule has 0 saturated heterocycles. The number of nitrogens with zero attached hydrogens (tertiary/aromatic N) is 1. The van der Waals surface area contributed by atoms with E-state index >= 15 is 0 Å². The van der Waals surface area contributed by atoms with Crippen LogP contribution >= 0.6 is 0 Å². The molecule has 4 aromatic rings. The molecule has 0 spiro atoms. The smallest absolute Gasteiger partial charge is 0.214 e. The van der Waals surface area contributed by atoms with Gasteiger partial charge in [-0.1, -0.05) is 60.7 Å². The topological polar surface area (TPSA) is 32.3 Å². The Balaban J connectivity index is 2.18. The molecule has 0 unspecified atom stereocenters. The molecule has 152 valence electrons. The van der Waals surface area contributed by atoms with Gasteiger partial charge < -0.3 is 10.2 Å². The molecule has 0 heterocycles. The summed E-state index contributed by atoms with van der Waals surface area (Å²) in [6.45, 7) is 8.39. The number of hydrogen-bond donors (Lipinski definition) is 1. The Morgan fingerprint density at radius 1 is 0.733 bits per heavy atom. The van der Waals surface area contributed by atoms with Gasteiger partial charge in [-0.25, -0.2) is 0 Å². The maximum absolute atomic E-state index is 12.1. The third-order valence-electron chi connectivity index (χ3n) is 5.48. The number of benzene rings is 4. The van der Waals surface area contributed by atoms with Gasteiger partial charge in [0, 0.05) is 28.9 Å². The fourth-order valence-corrected chi connectivity index (χ4v) is 4.17. The van der Waals surface area contributed by atoms with Crippen LogP contribution in [0, 0.1) is 0 Å². The maximum Gasteiger partial charge on any atom is 0.214 e. The summed E-state index contributed by atoms with van der Waals surface area (Å²) in [6.07, 6.45) is 0.943. The van der Waals surface area contributed by atoms with E-state index in [1.165, 1.54) is 10.8 Å². The van der Waals surface area contributed by atoms with Crippen LogP contribution in [0.2, 0.25) is 0 Å². The average molecular weight is 397 g/mol. The molecule has 4 aromatic carbocycles. The summed E-state index contributed by atoms with van der Waals surface area (Å²) < 4.78 is 0. The molecule has 30 heavy (non-hydrogen) atoms. The molecule has 0 aliphatic carbocycles. The summed E-state index contributed by atoms with van der Waals surface area (Å²) in [6, 6.07) is 25.7. The van der Waals surface area contributed by atoms with Crippen molar-refractivity contribution < 1.29 is 4.79 Å². The van der Waals surface area contributed by atoms with Crippen LogP contribution in [0.5, 0.6) is 0 Å². The minimum Gasteiger partial charge on any atom is -0.382 e. The van der Waals surface area contributed by atoms with Crippen molar-refractivity contribution in [2.75, 3.05) is 10.2 Å². The number of hydrogen-bond acceptors (Lipinski definition) is 2. The summed E-state index contributed by atoms with van der Waals surface area (Å²) in [5, 5.41) is 8.30. The maximum atomic E-state index is 12.1. The van der Waals surface area contributed by atoms with Crippen LogP contribution in [0.4, 0.5) is 11.4 Å². The predicted octanol–water partition coefficient (Wildman–Crippen LogP) is 6.85. The van der Waals surface area contributed by atoms with Crippen molar-refractivity contribution in [3.63, 3.8) is 0 Å². The van der Waals surface area contributed by atoms with Crippen LogP contribution in [-0.4, -0.2) is 18.5 Å². The van der Waals surface area contributed by atoms with Crippen molar-refractivity contribution in [1.29, 1.82) is 0 Å². The van der Waals surface area contributed by atoms with Gasteiger partial charge >= 0.3 is 0 Å². The van der Waals surface area contributed by atoms with E-state index in [0.29, 0.717) is 0 Å². The minimum absolute atomic E-state index is 0.0545. The van der Waals surface area contributed by atoms with Crippen molar-refractivity contribution in [3.8, 4) is 11.1 Å². The molecular weight excluding hydrogens is 368 g/mol. The van der Waals surface area contributed by atoms with E-state index < -0.39 is 0 Å². The number of nitrogens with one attached hydrogen (secondary N) is 1. The lowest BCUT2D eigenvalue weighted by Crippen LogP contribution is -2.29. The van der Waals surface area contributed by atoms with Crippen molar-refractivity contribution >= 4 is 39.3 Å². The largest absolute Gasteiger partial charge is 0.382 e. The van der Waals surface area contributed by atoms with E-state index in [1.54, 1.807) is 0 Å². The average Bonchev–Trinajstić information content (AvgIpc) is 2.74. The zero-order valence-electron chi connectivity index (χ0n) is 18.0. The van der Waals surface area contributed by atoms with E-state index in [9.17, 15) is 4.79 Å². The predicted molar refractivity (Wildman–Crippen MR) is 129 cm³/mol. The van der Waals surface area contributed by atoms with Crippen LogP contribution in [0.15, 0.2) is 72.8 Å². The van der Waals surface area contributed by atoms with Crippen LogP contribution < -0.4 is 10.2 Å². The van der Waals surface area contributed by atoms with Gasteiger partial charge in [-0.2, -0.15) is 0 Å². The van der Waals surface area contributed by atoms with Crippen molar-refractivity contribution in [1.82, 2.24) is 0 Å². The van der Waals surface area contributed by atoms with E-state index in [2.05, 4.69) is 92.0 Å². The Morgan fingerprint density at radius 2 is 1.30 bits per heavy atom. The molecule has 0 aromatic heterocycles. The summed E-state index contributed by atoms with van der Waals surface area (Å²) in [7, 11) is 0. The van der Waals surface area contributed by atoms with Crippen molar-refractivity contribution in [2.45, 2.75) is 39.8 Å². The second-order valence-electron chi connectivity index (χ2n) is 8.30. The lowest BCUT2D eigenvalue weighted by Gasteiger charge is -2.28. The molecule has 0 saturated carbocycles. The number of fused-ring (bicyclic) bond motifs is 2. The number of rotatable bonds is 6. The van der Waals surface area contributed by atoms with Gasteiger partial charge in [0.1, 0.15) is 0 Å². The fourth-order valence-electron chi connectivity index (χ4n) is 4.17. The van der Waals surface area contributed by atoms with Crippen LogP contribution in [0.25, 0.3) is 32.7 Å². The van der Waals surface area contributed by atoms with E-state index in [4.69, 9.17) is 0 Å². The Labute approximate surface area is 178 Å². The molecule has 3 heteroatoms. The monoisotopic (exact) mass is 396 g/mol. The number of carbonyl (C=O) groups is 1. The Morgan fingerprint density at radius 3 is 1.87 bits per heavy atom. The first kappa shape index (κ1) is 20.0. The van der Waals surface area contributed by atoms with Gasteiger partial charge in [-0.05, 0) is 61.4 Å². The fraction of sp³-hybridized carbons (Fsp3) is 0.222. The van der Waals surface area contributed by atoms with Gasteiger partial charge in [0.05, 0.1) is 5.69 Å². The molecule has 4 rings (SSSR count). The van der Waals surface area contributed by atoms with Gasteiger partial charge in [-0.15, -0.1) is 0 Å². The number of amides is 1. The summed E-state index contributed by atoms with van der Waals surface area (Å²) >= 11 is 0. The van der Waals surface area contributed by atoms with Crippen LogP contribution in [0.3, 0.4) is 0 Å². The van der Waals surface area contributed by atoms with Gasteiger partial charge in [0.25, 0.3) is 0 Å². The second kappa shape index (κ2) is 8.19. The molecule has 0 bridgehead atoms. The van der Waals surface area contributed by atoms with Gasteiger partial charge in [0.15, 0.2) is 0 Å². The summed E-state index contributed by atoms with van der Waals surface area (Å²) in [5.41, 5.74) is 4.24. The van der Waals surface area contributed by atoms with E-state index in [0.717, 1.165) is 39.7 Å². The van der Waals surface area contributed by atoms with Gasteiger partial charge in [-0.3, -0.25) is 4.79 Å².